The van der Waals surface area contributed by atoms with E-state index in [9.17, 15) is 0 Å². The zero-order valence-electron chi connectivity index (χ0n) is 8.91. The molecule has 0 N–H and O–H groups in total. The lowest BCUT2D eigenvalue weighted by atomic mass is 10.2. The van der Waals surface area contributed by atoms with Crippen molar-refractivity contribution in [2.24, 2.45) is 0 Å². The number of hydrogen-bond donors (Lipinski definition) is 0. The average Bonchev–Trinajstić information content (AvgIpc) is 2.20. The Balaban J connectivity index is 2.83. The van der Waals surface area contributed by atoms with Gasteiger partial charge in [0, 0.05) is 19.7 Å². The van der Waals surface area contributed by atoms with E-state index < -0.39 is 0 Å². The number of nitrogens with zero attached hydrogens (tertiary/aromatic N) is 1. The second kappa shape index (κ2) is 5.14. The molecule has 0 heterocycles. The fourth-order valence-corrected chi connectivity index (χ4v) is 1.10. The van der Waals surface area contributed by atoms with Gasteiger partial charge in [0.25, 0.3) is 0 Å². The van der Waals surface area contributed by atoms with E-state index >= 15 is 0 Å². The first-order valence-electron chi connectivity index (χ1n) is 4.64. The topological polar surface area (TPSA) is 3.24 Å². The van der Waals surface area contributed by atoms with Crippen LogP contribution in [0.2, 0.25) is 0 Å². The van der Waals surface area contributed by atoms with Gasteiger partial charge in [0.1, 0.15) is 0 Å². The Hall–Kier alpha value is -1.68. The van der Waals surface area contributed by atoms with E-state index in [1.807, 2.05) is 62.3 Å². The van der Waals surface area contributed by atoms with Crippen molar-refractivity contribution in [2.45, 2.75) is 6.92 Å². The average molecular weight is 185 g/mol. The molecule has 0 fully saturated rings. The first-order chi connectivity index (χ1) is 6.74. The summed E-state index contributed by atoms with van der Waals surface area (Å²) in [5.74, 6) is 6.24. The van der Waals surface area contributed by atoms with Gasteiger partial charge in [-0.1, -0.05) is 30.2 Å². The van der Waals surface area contributed by atoms with Gasteiger partial charge in [-0.05, 0) is 25.0 Å². The highest BCUT2D eigenvalue weighted by Gasteiger charge is 1.90. The SMILES string of the molecule is C/C=C(/C#Cc1ccccc1)N(C)C. The molecule has 1 aromatic rings. The van der Waals surface area contributed by atoms with Gasteiger partial charge in [-0.3, -0.25) is 0 Å². The predicted octanol–water partition coefficient (Wildman–Crippen LogP) is 2.50. The molecule has 0 aliphatic carbocycles. The third kappa shape index (κ3) is 2.99. The van der Waals surface area contributed by atoms with Crippen molar-refractivity contribution in [3.8, 4) is 11.8 Å². The maximum absolute atomic E-state index is 3.12. The van der Waals surface area contributed by atoms with E-state index in [1.165, 1.54) is 0 Å². The summed E-state index contributed by atoms with van der Waals surface area (Å²) in [6.45, 7) is 2.00. The van der Waals surface area contributed by atoms with Crippen molar-refractivity contribution in [3.05, 3.63) is 47.7 Å². The molecule has 0 amide bonds. The second-order valence-corrected chi connectivity index (χ2v) is 3.18. The summed E-state index contributed by atoms with van der Waals surface area (Å²) >= 11 is 0. The second-order valence-electron chi connectivity index (χ2n) is 3.18. The first-order valence-corrected chi connectivity index (χ1v) is 4.64. The van der Waals surface area contributed by atoms with Crippen molar-refractivity contribution < 1.29 is 0 Å². The summed E-state index contributed by atoms with van der Waals surface area (Å²) in [6.07, 6.45) is 2.01. The molecule has 1 nitrogen and oxygen atoms in total. The Bertz CT molecular complexity index is 363. The quantitative estimate of drug-likeness (QED) is 0.608. The Morgan fingerprint density at radius 1 is 1.21 bits per heavy atom. The third-order valence-corrected chi connectivity index (χ3v) is 1.86. The zero-order valence-corrected chi connectivity index (χ0v) is 8.91. The zero-order chi connectivity index (χ0) is 10.4. The maximum atomic E-state index is 3.12. The van der Waals surface area contributed by atoms with Gasteiger partial charge >= 0.3 is 0 Å². The monoisotopic (exact) mass is 185 g/mol. The molecule has 0 radical (unpaired) electrons. The molecule has 1 rings (SSSR count). The van der Waals surface area contributed by atoms with Crippen molar-refractivity contribution >= 4 is 0 Å². The molecule has 1 aromatic carbocycles. The van der Waals surface area contributed by atoms with Gasteiger partial charge in [-0.2, -0.15) is 0 Å². The van der Waals surface area contributed by atoms with Gasteiger partial charge in [0.2, 0.25) is 0 Å². The third-order valence-electron chi connectivity index (χ3n) is 1.86. The Morgan fingerprint density at radius 2 is 1.86 bits per heavy atom. The van der Waals surface area contributed by atoms with Crippen LogP contribution in [-0.4, -0.2) is 19.0 Å². The summed E-state index contributed by atoms with van der Waals surface area (Å²) in [4.78, 5) is 2.01. The summed E-state index contributed by atoms with van der Waals surface area (Å²) in [6, 6.07) is 10.0. The first kappa shape index (κ1) is 10.4. The van der Waals surface area contributed by atoms with Crippen LogP contribution in [0.3, 0.4) is 0 Å². The van der Waals surface area contributed by atoms with Crippen LogP contribution in [0.25, 0.3) is 0 Å². The minimum Gasteiger partial charge on any atom is -0.371 e. The smallest absolute Gasteiger partial charge is 0.0834 e. The number of allylic oxidation sites excluding steroid dienone is 2. The molecule has 0 aliphatic heterocycles. The van der Waals surface area contributed by atoms with E-state index in [2.05, 4.69) is 11.8 Å². The molecule has 1 heteroatoms. The Labute approximate surface area is 86.1 Å². The molecule has 72 valence electrons. The van der Waals surface area contributed by atoms with E-state index in [4.69, 9.17) is 0 Å². The number of benzene rings is 1. The summed E-state index contributed by atoms with van der Waals surface area (Å²) in [5, 5.41) is 0. The minimum absolute atomic E-state index is 1.04. The van der Waals surface area contributed by atoms with E-state index in [1.54, 1.807) is 0 Å². The highest BCUT2D eigenvalue weighted by molar-refractivity contribution is 5.39. The normalized spacial score (nSPS) is 10.4. The van der Waals surface area contributed by atoms with Gasteiger partial charge in [0.05, 0.1) is 5.70 Å². The van der Waals surface area contributed by atoms with E-state index in [0.717, 1.165) is 11.3 Å². The lowest BCUT2D eigenvalue weighted by Gasteiger charge is -2.09. The van der Waals surface area contributed by atoms with Crippen LogP contribution in [0.15, 0.2) is 42.1 Å². The highest BCUT2D eigenvalue weighted by atomic mass is 15.1. The molecule has 14 heavy (non-hydrogen) atoms. The molecule has 0 aliphatic rings. The lowest BCUT2D eigenvalue weighted by Crippen LogP contribution is -2.08. The van der Waals surface area contributed by atoms with Crippen LogP contribution >= 0.6 is 0 Å². The van der Waals surface area contributed by atoms with Crippen LogP contribution in [0.1, 0.15) is 12.5 Å². The van der Waals surface area contributed by atoms with Crippen molar-refractivity contribution in [3.63, 3.8) is 0 Å². The van der Waals surface area contributed by atoms with Crippen molar-refractivity contribution in [1.82, 2.24) is 4.90 Å². The molecule has 0 bridgehead atoms. The highest BCUT2D eigenvalue weighted by Crippen LogP contribution is 1.99. The van der Waals surface area contributed by atoms with Gasteiger partial charge in [-0.15, -0.1) is 0 Å². The van der Waals surface area contributed by atoms with E-state index in [-0.39, 0.29) is 0 Å². The predicted molar refractivity (Wildman–Crippen MR) is 60.8 cm³/mol. The lowest BCUT2D eigenvalue weighted by molar-refractivity contribution is 0.534. The number of hydrogen-bond acceptors (Lipinski definition) is 1. The van der Waals surface area contributed by atoms with Crippen LogP contribution in [0.5, 0.6) is 0 Å². The van der Waals surface area contributed by atoms with Crippen LogP contribution in [0, 0.1) is 11.8 Å². The molecular weight excluding hydrogens is 170 g/mol. The molecule has 0 aromatic heterocycles. The van der Waals surface area contributed by atoms with Crippen molar-refractivity contribution in [1.29, 1.82) is 0 Å². The van der Waals surface area contributed by atoms with Gasteiger partial charge < -0.3 is 4.90 Å². The number of rotatable bonds is 1. The largest absolute Gasteiger partial charge is 0.371 e. The summed E-state index contributed by atoms with van der Waals surface area (Å²) in [5.41, 5.74) is 2.09. The fraction of sp³-hybridized carbons (Fsp3) is 0.231. The standard InChI is InChI=1S/C13H15N/c1-4-13(14(2)3)11-10-12-8-6-5-7-9-12/h4-9H,1-3H3/b13-4-. The maximum Gasteiger partial charge on any atom is 0.0834 e. The van der Waals surface area contributed by atoms with Crippen molar-refractivity contribution in [2.75, 3.05) is 14.1 Å². The summed E-state index contributed by atoms with van der Waals surface area (Å²) in [7, 11) is 3.99. The fourth-order valence-electron chi connectivity index (χ4n) is 1.10. The molecule has 0 spiro atoms. The van der Waals surface area contributed by atoms with Gasteiger partial charge in [0.15, 0.2) is 0 Å². The van der Waals surface area contributed by atoms with E-state index in [0.29, 0.717) is 0 Å². The molecule has 0 saturated carbocycles. The Kier molecular flexibility index (Phi) is 3.82. The molecule has 0 atom stereocenters. The molecular formula is C13H15N. The van der Waals surface area contributed by atoms with Gasteiger partial charge in [-0.25, -0.2) is 0 Å². The van der Waals surface area contributed by atoms with Crippen LogP contribution in [0.4, 0.5) is 0 Å². The molecule has 0 saturated heterocycles. The summed E-state index contributed by atoms with van der Waals surface area (Å²) < 4.78 is 0. The minimum atomic E-state index is 1.04. The molecule has 0 unspecified atom stereocenters. The van der Waals surface area contributed by atoms with Crippen LogP contribution in [-0.2, 0) is 0 Å². The Morgan fingerprint density at radius 3 is 2.36 bits per heavy atom. The van der Waals surface area contributed by atoms with Crippen LogP contribution < -0.4 is 0 Å².